The smallest absolute Gasteiger partial charge is 0.325 e. The minimum Gasteiger partial charge on any atom is -0.354 e. The SMILES string of the molecule is C[C@]1(c2ccccn2)NC(=O)N(CC(=O)NCCc2ccc(F)cc2)C1=O. The van der Waals surface area contributed by atoms with Gasteiger partial charge in [-0.05, 0) is 43.2 Å². The third-order valence-corrected chi connectivity index (χ3v) is 4.40. The van der Waals surface area contributed by atoms with Gasteiger partial charge in [0.15, 0.2) is 5.54 Å². The topological polar surface area (TPSA) is 91.4 Å². The third kappa shape index (κ3) is 3.94. The predicted octanol–water partition coefficient (Wildman–Crippen LogP) is 1.35. The summed E-state index contributed by atoms with van der Waals surface area (Å²) in [7, 11) is 0. The predicted molar refractivity (Wildman–Crippen MR) is 94.9 cm³/mol. The summed E-state index contributed by atoms with van der Waals surface area (Å²) in [6, 6.07) is 10.4. The molecule has 8 heteroatoms. The van der Waals surface area contributed by atoms with Gasteiger partial charge < -0.3 is 10.6 Å². The summed E-state index contributed by atoms with van der Waals surface area (Å²) in [5.74, 6) is -1.30. The van der Waals surface area contributed by atoms with Crippen LogP contribution in [0.15, 0.2) is 48.7 Å². The molecule has 1 fully saturated rings. The second kappa shape index (κ2) is 7.53. The summed E-state index contributed by atoms with van der Waals surface area (Å²) in [6.45, 7) is 1.49. The van der Waals surface area contributed by atoms with Gasteiger partial charge in [-0.2, -0.15) is 0 Å². The number of imide groups is 1. The van der Waals surface area contributed by atoms with Crippen LogP contribution < -0.4 is 10.6 Å². The molecule has 4 amide bonds. The molecule has 1 aliphatic rings. The van der Waals surface area contributed by atoms with Crippen molar-refractivity contribution in [2.24, 2.45) is 0 Å². The van der Waals surface area contributed by atoms with Gasteiger partial charge in [0.05, 0.1) is 5.69 Å². The van der Waals surface area contributed by atoms with Gasteiger partial charge in [0.25, 0.3) is 5.91 Å². The van der Waals surface area contributed by atoms with E-state index in [0.29, 0.717) is 18.7 Å². The van der Waals surface area contributed by atoms with Crippen LogP contribution in [0.25, 0.3) is 0 Å². The van der Waals surface area contributed by atoms with Crippen molar-refractivity contribution < 1.29 is 18.8 Å². The lowest BCUT2D eigenvalue weighted by atomic mass is 9.97. The summed E-state index contributed by atoms with van der Waals surface area (Å²) >= 11 is 0. The Morgan fingerprint density at radius 2 is 1.96 bits per heavy atom. The molecule has 0 aliphatic carbocycles. The Bertz CT molecular complexity index is 857. The van der Waals surface area contributed by atoms with Crippen LogP contribution in [-0.2, 0) is 21.5 Å². The maximum Gasteiger partial charge on any atom is 0.325 e. The Morgan fingerprint density at radius 3 is 2.63 bits per heavy atom. The highest BCUT2D eigenvalue weighted by Gasteiger charge is 2.50. The molecule has 1 saturated heterocycles. The van der Waals surface area contributed by atoms with Crippen LogP contribution in [0.2, 0.25) is 0 Å². The first-order valence-corrected chi connectivity index (χ1v) is 8.47. The fourth-order valence-corrected chi connectivity index (χ4v) is 2.87. The fraction of sp³-hybridized carbons (Fsp3) is 0.263. The van der Waals surface area contributed by atoms with Gasteiger partial charge in [-0.3, -0.25) is 19.5 Å². The average molecular weight is 370 g/mol. The number of hydrogen-bond acceptors (Lipinski definition) is 4. The van der Waals surface area contributed by atoms with E-state index in [1.165, 1.54) is 18.3 Å². The molecule has 0 saturated carbocycles. The van der Waals surface area contributed by atoms with Crippen molar-refractivity contribution in [1.82, 2.24) is 20.5 Å². The first-order chi connectivity index (χ1) is 12.9. The van der Waals surface area contributed by atoms with E-state index in [9.17, 15) is 18.8 Å². The first kappa shape index (κ1) is 18.5. The number of nitrogens with one attached hydrogen (secondary N) is 2. The number of pyridine rings is 1. The van der Waals surface area contributed by atoms with E-state index in [1.54, 1.807) is 37.3 Å². The summed E-state index contributed by atoms with van der Waals surface area (Å²) < 4.78 is 12.9. The molecule has 0 spiro atoms. The quantitative estimate of drug-likeness (QED) is 0.751. The molecule has 2 heterocycles. The van der Waals surface area contributed by atoms with Crippen molar-refractivity contribution >= 4 is 17.8 Å². The Labute approximate surface area is 155 Å². The van der Waals surface area contributed by atoms with Crippen molar-refractivity contribution in [2.45, 2.75) is 18.9 Å². The van der Waals surface area contributed by atoms with Crippen molar-refractivity contribution in [3.8, 4) is 0 Å². The monoisotopic (exact) mass is 370 g/mol. The van der Waals surface area contributed by atoms with Crippen LogP contribution in [0, 0.1) is 5.82 Å². The number of carbonyl (C=O) groups is 3. The Hall–Kier alpha value is -3.29. The summed E-state index contributed by atoms with van der Waals surface area (Å²) in [5.41, 5.74) is -0.0239. The summed E-state index contributed by atoms with van der Waals surface area (Å²) in [5, 5.41) is 5.26. The van der Waals surface area contributed by atoms with E-state index >= 15 is 0 Å². The zero-order valence-corrected chi connectivity index (χ0v) is 14.7. The molecule has 1 aliphatic heterocycles. The third-order valence-electron chi connectivity index (χ3n) is 4.40. The van der Waals surface area contributed by atoms with E-state index in [4.69, 9.17) is 0 Å². The van der Waals surface area contributed by atoms with Crippen molar-refractivity contribution in [2.75, 3.05) is 13.1 Å². The number of urea groups is 1. The minimum atomic E-state index is -1.30. The molecule has 0 unspecified atom stereocenters. The number of nitrogens with zero attached hydrogens (tertiary/aromatic N) is 2. The van der Waals surface area contributed by atoms with Gasteiger partial charge in [-0.1, -0.05) is 18.2 Å². The zero-order valence-electron chi connectivity index (χ0n) is 14.7. The number of carbonyl (C=O) groups excluding carboxylic acids is 3. The molecule has 140 valence electrons. The van der Waals surface area contributed by atoms with E-state index in [-0.39, 0.29) is 12.4 Å². The lowest BCUT2D eigenvalue weighted by Crippen LogP contribution is -2.43. The largest absolute Gasteiger partial charge is 0.354 e. The maximum atomic E-state index is 12.9. The molecule has 0 bridgehead atoms. The van der Waals surface area contributed by atoms with Crippen molar-refractivity contribution in [3.63, 3.8) is 0 Å². The normalized spacial score (nSPS) is 19.1. The minimum absolute atomic E-state index is 0.311. The molecular formula is C19H19FN4O3. The molecule has 3 rings (SSSR count). The molecule has 2 N–H and O–H groups in total. The van der Waals surface area contributed by atoms with Crippen molar-refractivity contribution in [3.05, 3.63) is 65.7 Å². The lowest BCUT2D eigenvalue weighted by Gasteiger charge is -2.20. The molecule has 1 aromatic heterocycles. The molecule has 1 atom stereocenters. The zero-order chi connectivity index (χ0) is 19.4. The van der Waals surface area contributed by atoms with E-state index in [2.05, 4.69) is 15.6 Å². The van der Waals surface area contributed by atoms with E-state index in [1.807, 2.05) is 0 Å². The molecule has 0 radical (unpaired) electrons. The van der Waals surface area contributed by atoms with E-state index < -0.39 is 23.4 Å². The Balaban J connectivity index is 1.57. The highest BCUT2D eigenvalue weighted by molar-refractivity contribution is 6.08. The number of halogens is 1. The van der Waals surface area contributed by atoms with Crippen LogP contribution in [-0.4, -0.2) is 40.8 Å². The van der Waals surface area contributed by atoms with Gasteiger partial charge in [-0.25, -0.2) is 9.18 Å². The highest BCUT2D eigenvalue weighted by Crippen LogP contribution is 2.26. The molecule has 7 nitrogen and oxygen atoms in total. The van der Waals surface area contributed by atoms with Gasteiger partial charge in [-0.15, -0.1) is 0 Å². The molecule has 1 aromatic carbocycles. The maximum absolute atomic E-state index is 12.9. The average Bonchev–Trinajstić information content (AvgIpc) is 2.88. The van der Waals surface area contributed by atoms with E-state index in [0.717, 1.165) is 10.5 Å². The lowest BCUT2D eigenvalue weighted by molar-refractivity contribution is -0.134. The first-order valence-electron chi connectivity index (χ1n) is 8.47. The number of aromatic nitrogens is 1. The summed E-state index contributed by atoms with van der Waals surface area (Å²) in [4.78, 5) is 42.0. The molecular weight excluding hydrogens is 351 g/mol. The molecule has 2 aromatic rings. The number of rotatable bonds is 6. The number of amides is 4. The summed E-state index contributed by atoms with van der Waals surface area (Å²) in [6.07, 6.45) is 2.04. The van der Waals surface area contributed by atoms with Crippen LogP contribution >= 0.6 is 0 Å². The second-order valence-electron chi connectivity index (χ2n) is 6.39. The van der Waals surface area contributed by atoms with Crippen molar-refractivity contribution in [1.29, 1.82) is 0 Å². The molecule has 27 heavy (non-hydrogen) atoms. The van der Waals surface area contributed by atoms with Crippen LogP contribution in [0.3, 0.4) is 0 Å². The standard InChI is InChI=1S/C19H19FN4O3/c1-19(15-4-2-3-10-21-15)17(26)24(18(27)23-19)12-16(25)22-11-9-13-5-7-14(20)8-6-13/h2-8,10H,9,11-12H2,1H3,(H,22,25)(H,23,27)/t19-/m1/s1. The van der Waals surface area contributed by atoms with Crippen LogP contribution in [0.5, 0.6) is 0 Å². The number of benzene rings is 1. The van der Waals surface area contributed by atoms with Crippen LogP contribution in [0.4, 0.5) is 9.18 Å². The Kier molecular flexibility index (Phi) is 5.16. The van der Waals surface area contributed by atoms with Gasteiger partial charge in [0, 0.05) is 12.7 Å². The van der Waals surface area contributed by atoms with Crippen LogP contribution in [0.1, 0.15) is 18.2 Å². The number of hydrogen-bond donors (Lipinski definition) is 2. The van der Waals surface area contributed by atoms with Gasteiger partial charge >= 0.3 is 6.03 Å². The Morgan fingerprint density at radius 1 is 1.22 bits per heavy atom. The van der Waals surface area contributed by atoms with Gasteiger partial charge in [0.1, 0.15) is 12.4 Å². The van der Waals surface area contributed by atoms with Gasteiger partial charge in [0.2, 0.25) is 5.91 Å². The fourth-order valence-electron chi connectivity index (χ4n) is 2.87. The second-order valence-corrected chi connectivity index (χ2v) is 6.39. The highest BCUT2D eigenvalue weighted by atomic mass is 19.1.